The average Bonchev–Trinajstić information content (AvgIpc) is 3.13. The molecule has 0 aliphatic heterocycles. The monoisotopic (exact) mass is 864 g/mol. The van der Waals surface area contributed by atoms with Crippen LogP contribution in [0.4, 0.5) is 0 Å². The summed E-state index contributed by atoms with van der Waals surface area (Å²) in [5, 5.41) is 48.6. The molecule has 4 aromatic carbocycles. The molecule has 0 aliphatic rings. The minimum atomic E-state index is -1.77. The SMILES string of the molecule is COc1cc(CCC[Si](C)(C)O[Si](C)(C)CCCc2ccc(O)c(CO)c2)ccc1O.C[Si](C)(CCCc1ccccc1O)O[Si](C)(C)CCCc1ccccc1O. The normalized spacial score (nSPS) is 12.2. The number of para-hydroxylation sites is 2. The Morgan fingerprint density at radius 2 is 0.793 bits per heavy atom. The third-order valence-corrected chi connectivity index (χ3v) is 25.7. The van der Waals surface area contributed by atoms with E-state index in [0.717, 1.165) is 92.2 Å². The first kappa shape index (κ1) is 49.0. The zero-order valence-corrected chi connectivity index (χ0v) is 40.7. The first-order valence-corrected chi connectivity index (χ1v) is 33.4. The molecule has 0 unspecified atom stereocenters. The summed E-state index contributed by atoms with van der Waals surface area (Å²) in [4.78, 5) is 0. The lowest BCUT2D eigenvalue weighted by molar-refractivity contribution is 0.275. The van der Waals surface area contributed by atoms with Gasteiger partial charge >= 0.3 is 0 Å². The van der Waals surface area contributed by atoms with Crippen molar-refractivity contribution in [1.82, 2.24) is 0 Å². The molecule has 0 radical (unpaired) electrons. The Labute approximate surface area is 353 Å². The topological polar surface area (TPSA) is 129 Å². The molecule has 58 heavy (non-hydrogen) atoms. The number of methoxy groups -OCH3 is 1. The van der Waals surface area contributed by atoms with Crippen molar-refractivity contribution in [2.75, 3.05) is 7.11 Å². The first-order chi connectivity index (χ1) is 27.2. The molecule has 320 valence electrons. The standard InChI is InChI=1S/C24H38O5Si2.C22H34O3Si2/c1-28-24-17-20(11-13-23(24)27)9-7-15-31(4,5)29-30(2,3)14-6-8-19-10-12-22(26)21(16-19)18-25;1-26(2,17-9-13-19-11-5-7-15-21(19)23)25-27(3,4)18-10-14-20-12-6-8-16-22(20)24/h10-13,16-17,25-27H,6-9,14-15,18H2,1-5H3;5-8,11-12,15-16,23-24H,9-10,13-14,17-18H2,1-4H3. The molecule has 0 atom stereocenters. The van der Waals surface area contributed by atoms with E-state index in [2.05, 4.69) is 52.4 Å². The lowest BCUT2D eigenvalue weighted by Gasteiger charge is -2.34. The highest BCUT2D eigenvalue weighted by Gasteiger charge is 2.33. The van der Waals surface area contributed by atoms with Crippen molar-refractivity contribution in [3.8, 4) is 28.7 Å². The minimum absolute atomic E-state index is 0.139. The van der Waals surface area contributed by atoms with Crippen LogP contribution in [0.5, 0.6) is 28.7 Å². The molecule has 0 heterocycles. The molecule has 0 saturated carbocycles. The Morgan fingerprint density at radius 1 is 0.431 bits per heavy atom. The van der Waals surface area contributed by atoms with Crippen molar-refractivity contribution in [2.45, 2.75) is 135 Å². The summed E-state index contributed by atoms with van der Waals surface area (Å²) in [6, 6.07) is 30.7. The van der Waals surface area contributed by atoms with E-state index >= 15 is 0 Å². The van der Waals surface area contributed by atoms with Crippen molar-refractivity contribution in [3.63, 3.8) is 0 Å². The Kier molecular flexibility index (Phi) is 19.3. The number of phenols is 4. The van der Waals surface area contributed by atoms with Gasteiger partial charge in [0.1, 0.15) is 17.2 Å². The second-order valence-electron chi connectivity index (χ2n) is 18.0. The van der Waals surface area contributed by atoms with E-state index in [9.17, 15) is 25.5 Å². The van der Waals surface area contributed by atoms with Gasteiger partial charge in [0.25, 0.3) is 0 Å². The van der Waals surface area contributed by atoms with Gasteiger partial charge in [-0.2, -0.15) is 0 Å². The summed E-state index contributed by atoms with van der Waals surface area (Å²) in [5.74, 6) is 1.66. The summed E-state index contributed by atoms with van der Waals surface area (Å²) in [6.07, 6.45) is 7.91. The van der Waals surface area contributed by atoms with Crippen LogP contribution in [-0.2, 0) is 40.5 Å². The fourth-order valence-electron chi connectivity index (χ4n) is 7.79. The average molecular weight is 865 g/mol. The van der Waals surface area contributed by atoms with Gasteiger partial charge in [0.15, 0.2) is 44.8 Å². The molecular formula is C46H72O8Si4. The van der Waals surface area contributed by atoms with E-state index in [1.165, 1.54) is 5.56 Å². The zero-order chi connectivity index (χ0) is 43.0. The summed E-state index contributed by atoms with van der Waals surface area (Å²) < 4.78 is 18.7. The molecule has 0 aliphatic carbocycles. The quantitative estimate of drug-likeness (QED) is 0.0494. The third-order valence-electron chi connectivity index (χ3n) is 10.6. The molecule has 0 amide bonds. The second kappa shape index (κ2) is 22.8. The number of hydrogen-bond acceptors (Lipinski definition) is 8. The van der Waals surface area contributed by atoms with Gasteiger partial charge in [0.05, 0.1) is 13.7 Å². The molecule has 8 nitrogen and oxygen atoms in total. The van der Waals surface area contributed by atoms with Crippen LogP contribution in [0.3, 0.4) is 0 Å². The van der Waals surface area contributed by atoms with Gasteiger partial charge in [0.2, 0.25) is 0 Å². The van der Waals surface area contributed by atoms with E-state index in [1.54, 1.807) is 31.4 Å². The van der Waals surface area contributed by atoms with Gasteiger partial charge in [-0.25, -0.2) is 0 Å². The minimum Gasteiger partial charge on any atom is -0.508 e. The van der Waals surface area contributed by atoms with Crippen LogP contribution in [0.15, 0.2) is 84.9 Å². The second-order valence-corrected chi connectivity index (χ2v) is 35.8. The predicted molar refractivity (Wildman–Crippen MR) is 250 cm³/mol. The number of aliphatic hydroxyl groups is 1. The molecule has 5 N–H and O–H groups in total. The number of aromatic hydroxyl groups is 4. The highest BCUT2D eigenvalue weighted by atomic mass is 28.4. The Bertz CT molecular complexity index is 1720. The van der Waals surface area contributed by atoms with Crippen LogP contribution in [0.1, 0.15) is 53.5 Å². The van der Waals surface area contributed by atoms with Gasteiger partial charge in [-0.15, -0.1) is 0 Å². The van der Waals surface area contributed by atoms with Gasteiger partial charge in [-0.1, -0.05) is 48.5 Å². The molecular weight excluding hydrogens is 793 g/mol. The first-order valence-electron chi connectivity index (χ1n) is 21.0. The highest BCUT2D eigenvalue weighted by molar-refractivity contribution is 6.85. The van der Waals surface area contributed by atoms with Crippen molar-refractivity contribution in [3.05, 3.63) is 113 Å². The van der Waals surface area contributed by atoms with Crippen LogP contribution >= 0.6 is 0 Å². The van der Waals surface area contributed by atoms with Crippen molar-refractivity contribution in [2.24, 2.45) is 0 Å². The molecule has 0 spiro atoms. The third kappa shape index (κ3) is 17.9. The molecule has 0 bridgehead atoms. The summed E-state index contributed by atoms with van der Waals surface area (Å²) in [6.45, 7) is 18.4. The molecule has 0 fully saturated rings. The maximum atomic E-state index is 9.91. The maximum Gasteiger partial charge on any atom is 0.173 e. The number of benzene rings is 4. The van der Waals surface area contributed by atoms with E-state index in [4.69, 9.17) is 13.0 Å². The van der Waals surface area contributed by atoms with Crippen molar-refractivity contribution < 1.29 is 38.5 Å². The zero-order valence-electron chi connectivity index (χ0n) is 36.7. The van der Waals surface area contributed by atoms with Crippen molar-refractivity contribution in [1.29, 1.82) is 0 Å². The fourth-order valence-corrected chi connectivity index (χ4v) is 25.5. The van der Waals surface area contributed by atoms with E-state index < -0.39 is 33.3 Å². The number of phenolic OH excluding ortho intramolecular Hbond substituents is 3. The van der Waals surface area contributed by atoms with E-state index in [0.29, 0.717) is 22.8 Å². The van der Waals surface area contributed by atoms with Gasteiger partial charge < -0.3 is 38.5 Å². The molecule has 0 aromatic heterocycles. The van der Waals surface area contributed by atoms with Crippen LogP contribution in [0, 0.1) is 0 Å². The number of rotatable bonds is 22. The van der Waals surface area contributed by atoms with E-state index in [1.807, 2.05) is 60.7 Å². The molecule has 0 saturated heterocycles. The number of ether oxygens (including phenoxy) is 1. The summed E-state index contributed by atoms with van der Waals surface area (Å²) in [5.41, 5.74) is 4.97. The predicted octanol–water partition coefficient (Wildman–Crippen LogP) is 11.7. The van der Waals surface area contributed by atoms with E-state index in [-0.39, 0.29) is 18.1 Å². The molecule has 4 aromatic rings. The lowest BCUT2D eigenvalue weighted by atomic mass is 10.1. The Hall–Kier alpha value is -3.37. The highest BCUT2D eigenvalue weighted by Crippen LogP contribution is 2.30. The van der Waals surface area contributed by atoms with Crippen LogP contribution in [-0.4, -0.2) is 65.9 Å². The Morgan fingerprint density at radius 3 is 1.19 bits per heavy atom. The van der Waals surface area contributed by atoms with Crippen LogP contribution in [0.2, 0.25) is 76.6 Å². The molecule has 12 heteroatoms. The smallest absolute Gasteiger partial charge is 0.173 e. The number of hydrogen-bond donors (Lipinski definition) is 5. The number of aliphatic hydroxyl groups excluding tert-OH is 1. The van der Waals surface area contributed by atoms with Gasteiger partial charge in [-0.05, 0) is 187 Å². The van der Waals surface area contributed by atoms with Crippen LogP contribution < -0.4 is 4.74 Å². The van der Waals surface area contributed by atoms with Gasteiger partial charge in [-0.3, -0.25) is 0 Å². The molecule has 4 rings (SSSR count). The fraction of sp³-hybridized carbons (Fsp3) is 0.478. The van der Waals surface area contributed by atoms with Crippen molar-refractivity contribution >= 4 is 33.3 Å². The lowest BCUT2D eigenvalue weighted by Crippen LogP contribution is -2.44. The maximum absolute atomic E-state index is 9.91. The summed E-state index contributed by atoms with van der Waals surface area (Å²) in [7, 11) is -5.40. The number of aryl methyl sites for hydroxylation is 4. The Balaban J connectivity index is 0.000000313. The summed E-state index contributed by atoms with van der Waals surface area (Å²) >= 11 is 0. The van der Waals surface area contributed by atoms with Crippen LogP contribution in [0.25, 0.3) is 0 Å². The van der Waals surface area contributed by atoms with Gasteiger partial charge in [0, 0.05) is 5.56 Å². The largest absolute Gasteiger partial charge is 0.508 e.